The van der Waals surface area contributed by atoms with Crippen LogP contribution in [0.5, 0.6) is 0 Å². The van der Waals surface area contributed by atoms with Crippen molar-refractivity contribution in [3.63, 3.8) is 0 Å². The van der Waals surface area contributed by atoms with E-state index in [9.17, 15) is 9.90 Å². The van der Waals surface area contributed by atoms with E-state index in [1.54, 1.807) is 0 Å². The minimum absolute atomic E-state index is 0.0396. The Labute approximate surface area is 195 Å². The van der Waals surface area contributed by atoms with Crippen molar-refractivity contribution in [1.82, 2.24) is 4.90 Å². The van der Waals surface area contributed by atoms with Crippen LogP contribution in [0.3, 0.4) is 0 Å². The molecule has 1 aliphatic rings. The zero-order valence-electron chi connectivity index (χ0n) is 18.5. The summed E-state index contributed by atoms with van der Waals surface area (Å²) in [5.41, 5.74) is 2.90. The van der Waals surface area contributed by atoms with Crippen LogP contribution in [-0.2, 0) is 5.60 Å². The molecule has 0 unspecified atom stereocenters. The van der Waals surface area contributed by atoms with Gasteiger partial charge in [-0.1, -0.05) is 109 Å². The van der Waals surface area contributed by atoms with E-state index in [1.165, 1.54) is 0 Å². The smallest absolute Gasteiger partial charge is 0.254 e. The van der Waals surface area contributed by atoms with Crippen LogP contribution in [0.25, 0.3) is 11.1 Å². The number of carbonyl (C=O) groups excluding carboxylic acids is 1. The second-order valence-electron chi connectivity index (χ2n) is 8.57. The largest absolute Gasteiger partial charge is 0.378 e. The molecule has 1 heterocycles. The predicted octanol–water partition coefficient (Wildman–Crippen LogP) is 5.89. The van der Waals surface area contributed by atoms with Crippen molar-refractivity contribution in [1.29, 1.82) is 0 Å². The van der Waals surface area contributed by atoms with Crippen LogP contribution in [0.2, 0.25) is 0 Å². The number of aliphatic hydroxyl groups is 1. The van der Waals surface area contributed by atoms with Gasteiger partial charge in [0.15, 0.2) is 0 Å². The van der Waals surface area contributed by atoms with Crippen molar-refractivity contribution in [3.8, 4) is 11.1 Å². The molecule has 1 fully saturated rings. The molecule has 0 spiro atoms. The molecular formula is C30H27NO2. The first-order chi connectivity index (χ1) is 16.2. The maximum absolute atomic E-state index is 14.0. The van der Waals surface area contributed by atoms with Gasteiger partial charge in [-0.15, -0.1) is 0 Å². The molecule has 164 valence electrons. The number of nitrogens with zero attached hydrogens (tertiary/aromatic N) is 1. The lowest BCUT2D eigenvalue weighted by atomic mass is 9.79. The van der Waals surface area contributed by atoms with Crippen LogP contribution in [0.1, 0.15) is 34.3 Å². The van der Waals surface area contributed by atoms with Crippen LogP contribution >= 0.6 is 0 Å². The molecule has 0 aromatic heterocycles. The summed E-state index contributed by atoms with van der Waals surface area (Å²) in [4.78, 5) is 15.9. The molecule has 4 aromatic rings. The quantitative estimate of drug-likeness (QED) is 0.426. The Bertz CT molecular complexity index is 1180. The van der Waals surface area contributed by atoms with Crippen LogP contribution < -0.4 is 0 Å². The molecule has 1 N–H and O–H groups in total. The third-order valence-corrected chi connectivity index (χ3v) is 6.67. The Morgan fingerprint density at radius 2 is 1.24 bits per heavy atom. The van der Waals surface area contributed by atoms with Crippen molar-refractivity contribution >= 4 is 5.91 Å². The number of amides is 1. The first kappa shape index (κ1) is 21.2. The van der Waals surface area contributed by atoms with E-state index in [0.717, 1.165) is 35.1 Å². The topological polar surface area (TPSA) is 40.5 Å². The molecule has 33 heavy (non-hydrogen) atoms. The third-order valence-electron chi connectivity index (χ3n) is 6.67. The number of rotatable bonds is 5. The molecule has 0 saturated carbocycles. The number of carbonyl (C=O) groups is 1. The Hall–Kier alpha value is -3.69. The molecule has 3 heteroatoms. The highest BCUT2D eigenvalue weighted by molar-refractivity contribution is 6.01. The number of hydrogen-bond acceptors (Lipinski definition) is 2. The first-order valence-electron chi connectivity index (χ1n) is 11.5. The van der Waals surface area contributed by atoms with Crippen molar-refractivity contribution in [2.24, 2.45) is 0 Å². The summed E-state index contributed by atoms with van der Waals surface area (Å²) in [6, 6.07) is 36.8. The summed E-state index contributed by atoms with van der Waals surface area (Å²) in [6.45, 7) is 0.620. The van der Waals surface area contributed by atoms with Gasteiger partial charge in [0.1, 0.15) is 5.60 Å². The normalized spacial score (nSPS) is 16.0. The number of benzene rings is 4. The zero-order chi connectivity index (χ0) is 22.7. The van der Waals surface area contributed by atoms with Crippen LogP contribution in [0.15, 0.2) is 115 Å². The minimum atomic E-state index is -1.30. The molecule has 4 aromatic carbocycles. The second kappa shape index (κ2) is 9.05. The molecule has 1 amide bonds. The van der Waals surface area contributed by atoms with E-state index in [4.69, 9.17) is 0 Å². The number of likely N-dealkylation sites (tertiary alicyclic amines) is 1. The van der Waals surface area contributed by atoms with Gasteiger partial charge in [0, 0.05) is 12.1 Å². The highest BCUT2D eigenvalue weighted by Crippen LogP contribution is 2.41. The van der Waals surface area contributed by atoms with Gasteiger partial charge >= 0.3 is 0 Å². The fraction of sp³-hybridized carbons (Fsp3) is 0.167. The fourth-order valence-electron chi connectivity index (χ4n) is 5.07. The second-order valence-corrected chi connectivity index (χ2v) is 8.57. The molecule has 0 aliphatic carbocycles. The van der Waals surface area contributed by atoms with Crippen molar-refractivity contribution < 1.29 is 9.90 Å². The standard InChI is InChI=1S/C30H27NO2/c32-29(27-20-11-10-19-26(27)23-13-4-1-5-14-23)31-22-12-21-28(31)30(33,24-15-6-2-7-16-24)25-17-8-3-9-18-25/h1-11,13-20,28,33H,12,21-22H2/t28-/m0/s1. The van der Waals surface area contributed by atoms with Crippen LogP contribution in [0.4, 0.5) is 0 Å². The van der Waals surface area contributed by atoms with E-state index >= 15 is 0 Å². The summed E-state index contributed by atoms with van der Waals surface area (Å²) >= 11 is 0. The molecule has 0 radical (unpaired) electrons. The number of hydrogen-bond donors (Lipinski definition) is 1. The molecule has 1 atom stereocenters. The molecule has 1 aliphatic heterocycles. The van der Waals surface area contributed by atoms with Gasteiger partial charge in [-0.2, -0.15) is 0 Å². The van der Waals surface area contributed by atoms with Gasteiger partial charge in [-0.05, 0) is 41.2 Å². The van der Waals surface area contributed by atoms with Gasteiger partial charge < -0.3 is 10.0 Å². The average molecular weight is 434 g/mol. The van der Waals surface area contributed by atoms with Crippen LogP contribution in [-0.4, -0.2) is 28.5 Å². The van der Waals surface area contributed by atoms with E-state index in [2.05, 4.69) is 0 Å². The first-order valence-corrected chi connectivity index (χ1v) is 11.5. The Balaban J connectivity index is 1.59. The van der Waals surface area contributed by atoms with Crippen molar-refractivity contribution in [3.05, 3.63) is 132 Å². The van der Waals surface area contributed by atoms with Gasteiger partial charge in [-0.25, -0.2) is 0 Å². The molecule has 5 rings (SSSR count). The van der Waals surface area contributed by atoms with Crippen molar-refractivity contribution in [2.75, 3.05) is 6.54 Å². The van der Waals surface area contributed by atoms with Gasteiger partial charge in [0.05, 0.1) is 6.04 Å². The van der Waals surface area contributed by atoms with E-state index < -0.39 is 5.60 Å². The minimum Gasteiger partial charge on any atom is -0.378 e. The molecule has 0 bridgehead atoms. The predicted molar refractivity (Wildman–Crippen MR) is 132 cm³/mol. The molecular weight excluding hydrogens is 406 g/mol. The van der Waals surface area contributed by atoms with Gasteiger partial charge in [0.2, 0.25) is 0 Å². The lowest BCUT2D eigenvalue weighted by molar-refractivity contribution is -0.000691. The average Bonchev–Trinajstić information content (AvgIpc) is 3.40. The zero-order valence-corrected chi connectivity index (χ0v) is 18.5. The van der Waals surface area contributed by atoms with Gasteiger partial charge in [-0.3, -0.25) is 4.79 Å². The van der Waals surface area contributed by atoms with E-state index in [1.807, 2.05) is 120 Å². The summed E-state index contributed by atoms with van der Waals surface area (Å²) in [5.74, 6) is -0.0396. The van der Waals surface area contributed by atoms with Crippen LogP contribution in [0, 0.1) is 0 Å². The third kappa shape index (κ3) is 3.85. The highest BCUT2D eigenvalue weighted by atomic mass is 16.3. The highest BCUT2D eigenvalue weighted by Gasteiger charge is 2.47. The Kier molecular flexibility index (Phi) is 5.80. The SMILES string of the molecule is O=C(c1ccccc1-c1ccccc1)N1CCC[C@H]1C(O)(c1ccccc1)c1ccccc1. The van der Waals surface area contributed by atoms with Gasteiger partial charge in [0.25, 0.3) is 5.91 Å². The lowest BCUT2D eigenvalue weighted by Gasteiger charge is -2.40. The maximum Gasteiger partial charge on any atom is 0.254 e. The van der Waals surface area contributed by atoms with Crippen molar-refractivity contribution in [2.45, 2.75) is 24.5 Å². The summed E-state index contributed by atoms with van der Waals surface area (Å²) < 4.78 is 0. The maximum atomic E-state index is 14.0. The molecule has 3 nitrogen and oxygen atoms in total. The summed E-state index contributed by atoms with van der Waals surface area (Å²) in [6.07, 6.45) is 1.59. The Morgan fingerprint density at radius 3 is 1.85 bits per heavy atom. The van der Waals surface area contributed by atoms with E-state index in [0.29, 0.717) is 12.1 Å². The van der Waals surface area contributed by atoms with E-state index in [-0.39, 0.29) is 11.9 Å². The Morgan fingerprint density at radius 1 is 0.727 bits per heavy atom. The molecule has 1 saturated heterocycles. The monoisotopic (exact) mass is 433 g/mol. The fourth-order valence-corrected chi connectivity index (χ4v) is 5.07. The summed E-state index contributed by atoms with van der Waals surface area (Å²) in [7, 11) is 0. The summed E-state index contributed by atoms with van der Waals surface area (Å²) in [5, 5.41) is 12.3. The lowest BCUT2D eigenvalue weighted by Crippen LogP contribution is -2.50.